The molecule has 0 fully saturated rings. The Bertz CT molecular complexity index is 209. The molecule has 1 heterocycles. The normalized spacial score (nSPS) is 12.1. The maximum Gasteiger partial charge on any atom is 0.109 e. The topological polar surface area (TPSA) is 28.7 Å². The number of nitrogens with zero attached hydrogens (tertiary/aromatic N) is 1. The predicted molar refractivity (Wildman–Crippen MR) is 63.0 cm³/mol. The second-order valence-corrected chi connectivity index (χ2v) is 3.58. The molecule has 1 aromatic rings. The van der Waals surface area contributed by atoms with Crippen LogP contribution in [0.4, 0.5) is 0 Å². The fourth-order valence-electron chi connectivity index (χ4n) is 1.68. The zero-order chi connectivity index (χ0) is 9.52. The average molecular weight is 217 g/mol. The summed E-state index contributed by atoms with van der Waals surface area (Å²) in [4.78, 5) is 7.51. The Balaban J connectivity index is 0.00000169. The fraction of sp³-hybridized carbons (Fsp3) is 0.727. The van der Waals surface area contributed by atoms with E-state index in [0.717, 1.165) is 0 Å². The molecule has 0 spiro atoms. The molecule has 2 nitrogen and oxygen atoms in total. The van der Waals surface area contributed by atoms with Crippen LogP contribution in [0, 0.1) is 0 Å². The van der Waals surface area contributed by atoms with Crippen LogP contribution in [0.15, 0.2) is 12.4 Å². The van der Waals surface area contributed by atoms with Gasteiger partial charge in [0.2, 0.25) is 0 Å². The van der Waals surface area contributed by atoms with E-state index in [1.165, 1.54) is 37.9 Å². The first-order valence-electron chi connectivity index (χ1n) is 5.37. The Hall–Kier alpha value is -0.500. The van der Waals surface area contributed by atoms with E-state index in [-0.39, 0.29) is 12.4 Å². The van der Waals surface area contributed by atoms with Crippen LogP contribution < -0.4 is 0 Å². The Labute approximate surface area is 92.9 Å². The average Bonchev–Trinajstić information content (AvgIpc) is 2.65. The lowest BCUT2D eigenvalue weighted by Crippen LogP contribution is -1.99. The number of aromatic amines is 1. The molecular formula is C11H21ClN2. The van der Waals surface area contributed by atoms with Crippen LogP contribution in [0.2, 0.25) is 0 Å². The molecular weight excluding hydrogens is 196 g/mol. The molecule has 1 N–H and O–H groups in total. The summed E-state index contributed by atoms with van der Waals surface area (Å²) in [6, 6.07) is 0. The number of hydrogen-bond acceptors (Lipinski definition) is 1. The molecule has 1 atom stereocenters. The number of H-pyrrole nitrogens is 1. The lowest BCUT2D eigenvalue weighted by molar-refractivity contribution is 0.534. The van der Waals surface area contributed by atoms with Gasteiger partial charge in [-0.15, -0.1) is 12.4 Å². The molecule has 1 aromatic heterocycles. The first-order valence-corrected chi connectivity index (χ1v) is 5.37. The van der Waals surface area contributed by atoms with Crippen LogP contribution in [0.25, 0.3) is 0 Å². The highest BCUT2D eigenvalue weighted by atomic mass is 35.5. The quantitative estimate of drug-likeness (QED) is 0.718. The molecule has 0 amide bonds. The van der Waals surface area contributed by atoms with Gasteiger partial charge in [0, 0.05) is 18.3 Å². The number of halogens is 1. The summed E-state index contributed by atoms with van der Waals surface area (Å²) in [7, 11) is 0. The van der Waals surface area contributed by atoms with Gasteiger partial charge in [0.1, 0.15) is 5.82 Å². The van der Waals surface area contributed by atoms with E-state index in [4.69, 9.17) is 0 Å². The van der Waals surface area contributed by atoms with Crippen LogP contribution >= 0.6 is 12.4 Å². The number of rotatable bonds is 6. The zero-order valence-corrected chi connectivity index (χ0v) is 9.94. The Morgan fingerprint density at radius 3 is 2.64 bits per heavy atom. The lowest BCUT2D eigenvalue weighted by Gasteiger charge is -2.11. The predicted octanol–water partition coefficient (Wildman–Crippen LogP) is 3.91. The summed E-state index contributed by atoms with van der Waals surface area (Å²) in [6.45, 7) is 4.48. The summed E-state index contributed by atoms with van der Waals surface area (Å²) in [5, 5.41) is 0. The van der Waals surface area contributed by atoms with Crippen molar-refractivity contribution in [2.24, 2.45) is 0 Å². The first-order chi connectivity index (χ1) is 6.38. The minimum absolute atomic E-state index is 0. The van der Waals surface area contributed by atoms with E-state index in [2.05, 4.69) is 23.8 Å². The zero-order valence-electron chi connectivity index (χ0n) is 9.12. The van der Waals surface area contributed by atoms with Crippen LogP contribution in [0.5, 0.6) is 0 Å². The van der Waals surface area contributed by atoms with Crippen LogP contribution in [0.3, 0.4) is 0 Å². The van der Waals surface area contributed by atoms with E-state index in [1.807, 2.05) is 12.4 Å². The lowest BCUT2D eigenvalue weighted by atomic mass is 9.98. The Morgan fingerprint density at radius 1 is 1.36 bits per heavy atom. The summed E-state index contributed by atoms with van der Waals surface area (Å²) >= 11 is 0. The summed E-state index contributed by atoms with van der Waals surface area (Å²) in [5.74, 6) is 1.81. The molecule has 0 aliphatic rings. The van der Waals surface area contributed by atoms with E-state index < -0.39 is 0 Å². The SMILES string of the molecule is CCCCCC(CC)c1ncc[nH]1.Cl. The molecule has 0 aromatic carbocycles. The molecule has 3 heteroatoms. The number of imidazole rings is 1. The van der Waals surface area contributed by atoms with Crippen molar-refractivity contribution in [2.75, 3.05) is 0 Å². The third kappa shape index (κ3) is 4.14. The summed E-state index contributed by atoms with van der Waals surface area (Å²) in [5.41, 5.74) is 0. The molecule has 0 bridgehead atoms. The number of hydrogen-bond donors (Lipinski definition) is 1. The smallest absolute Gasteiger partial charge is 0.109 e. The standard InChI is InChI=1S/C11H20N2.ClH/c1-3-5-6-7-10(4-2)11-12-8-9-13-11;/h8-10H,3-7H2,1-2H3,(H,12,13);1H. The summed E-state index contributed by atoms with van der Waals surface area (Å²) in [6.07, 6.45) is 10.2. The van der Waals surface area contributed by atoms with Gasteiger partial charge in [0.15, 0.2) is 0 Å². The highest BCUT2D eigenvalue weighted by Crippen LogP contribution is 2.22. The van der Waals surface area contributed by atoms with Gasteiger partial charge in [-0.2, -0.15) is 0 Å². The van der Waals surface area contributed by atoms with Gasteiger partial charge in [-0.25, -0.2) is 4.98 Å². The van der Waals surface area contributed by atoms with Crippen LogP contribution in [-0.4, -0.2) is 9.97 Å². The van der Waals surface area contributed by atoms with Crippen molar-refractivity contribution in [3.05, 3.63) is 18.2 Å². The van der Waals surface area contributed by atoms with E-state index in [9.17, 15) is 0 Å². The largest absolute Gasteiger partial charge is 0.348 e. The first kappa shape index (κ1) is 13.5. The Kier molecular flexibility index (Phi) is 7.58. The molecule has 0 saturated heterocycles. The number of nitrogens with one attached hydrogen (secondary N) is 1. The highest BCUT2D eigenvalue weighted by Gasteiger charge is 2.10. The van der Waals surface area contributed by atoms with Gasteiger partial charge in [-0.3, -0.25) is 0 Å². The van der Waals surface area contributed by atoms with E-state index in [1.54, 1.807) is 0 Å². The van der Waals surface area contributed by atoms with Crippen molar-refractivity contribution in [1.82, 2.24) is 9.97 Å². The molecule has 0 aliphatic heterocycles. The maximum atomic E-state index is 4.31. The number of unbranched alkanes of at least 4 members (excludes halogenated alkanes) is 2. The molecule has 1 rings (SSSR count). The molecule has 82 valence electrons. The van der Waals surface area contributed by atoms with E-state index in [0.29, 0.717) is 5.92 Å². The molecule has 0 radical (unpaired) electrons. The van der Waals surface area contributed by atoms with Crippen molar-refractivity contribution >= 4 is 12.4 Å². The minimum Gasteiger partial charge on any atom is -0.348 e. The highest BCUT2D eigenvalue weighted by molar-refractivity contribution is 5.85. The van der Waals surface area contributed by atoms with Gasteiger partial charge < -0.3 is 4.98 Å². The van der Waals surface area contributed by atoms with Crippen molar-refractivity contribution in [1.29, 1.82) is 0 Å². The maximum absolute atomic E-state index is 4.31. The molecule has 0 saturated carbocycles. The van der Waals surface area contributed by atoms with Crippen LogP contribution in [-0.2, 0) is 0 Å². The third-order valence-corrected chi connectivity index (χ3v) is 2.56. The van der Waals surface area contributed by atoms with Gasteiger partial charge in [-0.1, -0.05) is 33.1 Å². The van der Waals surface area contributed by atoms with Gasteiger partial charge >= 0.3 is 0 Å². The van der Waals surface area contributed by atoms with Crippen molar-refractivity contribution < 1.29 is 0 Å². The number of aromatic nitrogens is 2. The van der Waals surface area contributed by atoms with Gasteiger partial charge in [0.05, 0.1) is 0 Å². The second-order valence-electron chi connectivity index (χ2n) is 3.58. The van der Waals surface area contributed by atoms with E-state index >= 15 is 0 Å². The molecule has 0 aliphatic carbocycles. The monoisotopic (exact) mass is 216 g/mol. The second kappa shape index (κ2) is 7.86. The minimum atomic E-state index is 0. The van der Waals surface area contributed by atoms with Crippen molar-refractivity contribution in [3.63, 3.8) is 0 Å². The summed E-state index contributed by atoms with van der Waals surface area (Å²) < 4.78 is 0. The molecule has 1 unspecified atom stereocenters. The molecule has 14 heavy (non-hydrogen) atoms. The van der Waals surface area contributed by atoms with Gasteiger partial charge in [-0.05, 0) is 12.8 Å². The van der Waals surface area contributed by atoms with Crippen molar-refractivity contribution in [3.8, 4) is 0 Å². The van der Waals surface area contributed by atoms with Crippen molar-refractivity contribution in [2.45, 2.75) is 51.9 Å². The Morgan fingerprint density at radius 2 is 2.14 bits per heavy atom. The fourth-order valence-corrected chi connectivity index (χ4v) is 1.68. The third-order valence-electron chi connectivity index (χ3n) is 2.56. The van der Waals surface area contributed by atoms with Crippen LogP contribution in [0.1, 0.15) is 57.7 Å². The van der Waals surface area contributed by atoms with Gasteiger partial charge in [0.25, 0.3) is 0 Å².